The number of aryl methyl sites for hydroxylation is 2. The molecule has 9 heteroatoms. The first kappa shape index (κ1) is 20.9. The molecule has 3 aromatic heterocycles. The van der Waals surface area contributed by atoms with Gasteiger partial charge >= 0.3 is 0 Å². The molecular weight excluding hydrogens is 443 g/mol. The van der Waals surface area contributed by atoms with Gasteiger partial charge in [0.1, 0.15) is 11.3 Å². The third-order valence-electron chi connectivity index (χ3n) is 7.06. The standard InChI is InChI=1S/C25H22F3N5O/c1-13-6-7-32-20(12-29-21(32)8-13)25(34)33-15-4-3-5-19(33)23-16(11-15)24(31(2)30-23)14-9-17(26)22(28)18(27)10-14/h6-10,12,15,19H,3-5,11H2,1-2H3/t15-,19-/m1/s1. The number of rotatable bonds is 2. The topological polar surface area (TPSA) is 55.4 Å². The highest BCUT2D eigenvalue weighted by molar-refractivity contribution is 5.94. The Morgan fingerprint density at radius 3 is 2.65 bits per heavy atom. The van der Waals surface area contributed by atoms with Gasteiger partial charge < -0.3 is 4.90 Å². The number of hydrogen-bond acceptors (Lipinski definition) is 3. The van der Waals surface area contributed by atoms with Gasteiger partial charge in [0.15, 0.2) is 17.5 Å². The molecule has 4 aromatic rings. The number of fused-ring (bicyclic) bond motifs is 5. The SMILES string of the molecule is Cc1ccn2c(C(=O)N3[C@@H]4CCC[C@@H]3c3nn(C)c(-c5cc(F)c(F)c(F)c5)c3C4)cnc2c1. The van der Waals surface area contributed by atoms with Crippen molar-refractivity contribution in [3.63, 3.8) is 0 Å². The van der Waals surface area contributed by atoms with Crippen LogP contribution in [0.25, 0.3) is 16.9 Å². The van der Waals surface area contributed by atoms with Gasteiger partial charge in [-0.05, 0) is 62.4 Å². The highest BCUT2D eigenvalue weighted by Crippen LogP contribution is 2.45. The predicted molar refractivity (Wildman–Crippen MR) is 119 cm³/mol. The fourth-order valence-corrected chi connectivity index (χ4v) is 5.58. The maximum absolute atomic E-state index is 14.0. The van der Waals surface area contributed by atoms with Gasteiger partial charge in [-0.1, -0.05) is 0 Å². The van der Waals surface area contributed by atoms with Gasteiger partial charge in [-0.2, -0.15) is 5.10 Å². The summed E-state index contributed by atoms with van der Waals surface area (Å²) in [6, 6.07) is 5.55. The maximum atomic E-state index is 14.0. The van der Waals surface area contributed by atoms with E-state index >= 15 is 0 Å². The first-order chi connectivity index (χ1) is 16.3. The Morgan fingerprint density at radius 1 is 1.12 bits per heavy atom. The Bertz CT molecular complexity index is 1450. The number of nitrogens with zero attached hydrogens (tertiary/aromatic N) is 5. The van der Waals surface area contributed by atoms with Crippen LogP contribution in [0.3, 0.4) is 0 Å². The van der Waals surface area contributed by atoms with E-state index in [1.54, 1.807) is 22.3 Å². The van der Waals surface area contributed by atoms with Crippen molar-refractivity contribution in [1.29, 1.82) is 0 Å². The first-order valence-corrected chi connectivity index (χ1v) is 11.3. The van der Waals surface area contributed by atoms with E-state index in [1.807, 2.05) is 30.2 Å². The van der Waals surface area contributed by atoms with Crippen LogP contribution in [0, 0.1) is 24.4 Å². The molecule has 0 spiro atoms. The third-order valence-corrected chi connectivity index (χ3v) is 7.06. The second-order valence-electron chi connectivity index (χ2n) is 9.18. The summed E-state index contributed by atoms with van der Waals surface area (Å²) in [4.78, 5) is 20.1. The van der Waals surface area contributed by atoms with Crippen LogP contribution >= 0.6 is 0 Å². The van der Waals surface area contributed by atoms with E-state index in [-0.39, 0.29) is 23.6 Å². The molecule has 2 aliphatic rings. The van der Waals surface area contributed by atoms with Crippen LogP contribution in [0.2, 0.25) is 0 Å². The number of imidazole rings is 1. The smallest absolute Gasteiger partial charge is 0.273 e. The number of aromatic nitrogens is 4. The van der Waals surface area contributed by atoms with Crippen LogP contribution in [0.15, 0.2) is 36.7 Å². The monoisotopic (exact) mass is 465 g/mol. The van der Waals surface area contributed by atoms with Gasteiger partial charge in [0.05, 0.1) is 23.6 Å². The number of pyridine rings is 1. The van der Waals surface area contributed by atoms with E-state index in [2.05, 4.69) is 10.1 Å². The largest absolute Gasteiger partial charge is 0.325 e. The number of benzene rings is 1. The highest BCUT2D eigenvalue weighted by Gasteiger charge is 2.44. The van der Waals surface area contributed by atoms with Gasteiger partial charge in [-0.25, -0.2) is 18.2 Å². The van der Waals surface area contributed by atoms with E-state index in [0.717, 1.165) is 48.2 Å². The molecule has 34 heavy (non-hydrogen) atoms. The zero-order valence-corrected chi connectivity index (χ0v) is 18.7. The number of carbonyl (C=O) groups is 1. The van der Waals surface area contributed by atoms with Crippen LogP contribution < -0.4 is 0 Å². The summed E-state index contributed by atoms with van der Waals surface area (Å²) in [7, 11) is 1.70. The lowest BCUT2D eigenvalue weighted by molar-refractivity contribution is 0.0385. The number of amides is 1. The summed E-state index contributed by atoms with van der Waals surface area (Å²) in [6.07, 6.45) is 6.49. The van der Waals surface area contributed by atoms with Crippen molar-refractivity contribution < 1.29 is 18.0 Å². The average molecular weight is 465 g/mol. The van der Waals surface area contributed by atoms with Crippen LogP contribution in [-0.2, 0) is 13.5 Å². The van der Waals surface area contributed by atoms with Gasteiger partial charge in [-0.3, -0.25) is 13.9 Å². The maximum Gasteiger partial charge on any atom is 0.273 e. The normalized spacial score (nSPS) is 19.5. The van der Waals surface area contributed by atoms with E-state index < -0.39 is 17.5 Å². The number of halogens is 3. The highest BCUT2D eigenvalue weighted by atomic mass is 19.2. The minimum Gasteiger partial charge on any atom is -0.325 e. The Kier molecular flexibility index (Phi) is 4.59. The molecule has 1 amide bonds. The summed E-state index contributed by atoms with van der Waals surface area (Å²) in [5, 5.41) is 4.68. The lowest BCUT2D eigenvalue weighted by Gasteiger charge is -2.45. The number of carbonyl (C=O) groups excluding carboxylic acids is 1. The molecule has 1 aromatic carbocycles. The van der Waals surface area contributed by atoms with Crippen LogP contribution in [0.4, 0.5) is 13.2 Å². The fraction of sp³-hybridized carbons (Fsp3) is 0.320. The van der Waals surface area contributed by atoms with Crippen LogP contribution in [0.5, 0.6) is 0 Å². The lowest BCUT2D eigenvalue weighted by Crippen LogP contribution is -2.50. The molecule has 5 heterocycles. The minimum atomic E-state index is -1.49. The van der Waals surface area contributed by atoms with E-state index in [9.17, 15) is 18.0 Å². The third kappa shape index (κ3) is 2.99. The van der Waals surface area contributed by atoms with E-state index in [4.69, 9.17) is 0 Å². The number of hydrogen-bond donors (Lipinski definition) is 0. The van der Waals surface area contributed by atoms with Crippen molar-refractivity contribution in [2.75, 3.05) is 0 Å². The molecule has 2 bridgehead atoms. The van der Waals surface area contributed by atoms with Crippen molar-refractivity contribution >= 4 is 11.6 Å². The molecule has 2 aliphatic heterocycles. The molecule has 0 aliphatic carbocycles. The minimum absolute atomic E-state index is 0.0761. The zero-order valence-electron chi connectivity index (χ0n) is 18.7. The van der Waals surface area contributed by atoms with Crippen molar-refractivity contribution in [2.24, 2.45) is 7.05 Å². The summed E-state index contributed by atoms with van der Waals surface area (Å²) in [5.41, 5.74) is 4.66. The predicted octanol–water partition coefficient (Wildman–Crippen LogP) is 4.75. The molecule has 0 radical (unpaired) electrons. The van der Waals surface area contributed by atoms with Crippen molar-refractivity contribution in [3.8, 4) is 11.3 Å². The Hall–Kier alpha value is -3.62. The Balaban J connectivity index is 1.44. The van der Waals surface area contributed by atoms with E-state index in [0.29, 0.717) is 23.5 Å². The molecular formula is C25H22F3N5O. The average Bonchev–Trinajstić information content (AvgIpc) is 3.36. The van der Waals surface area contributed by atoms with Gasteiger partial charge in [0, 0.05) is 30.4 Å². The summed E-state index contributed by atoms with van der Waals surface area (Å²) < 4.78 is 44.9. The van der Waals surface area contributed by atoms with Gasteiger partial charge in [0.2, 0.25) is 0 Å². The molecule has 2 atom stereocenters. The number of piperidine rings is 1. The van der Waals surface area contributed by atoms with Crippen LogP contribution in [0.1, 0.15) is 52.6 Å². The summed E-state index contributed by atoms with van der Waals surface area (Å²) >= 11 is 0. The second kappa shape index (κ2) is 7.44. The Morgan fingerprint density at radius 2 is 1.88 bits per heavy atom. The van der Waals surface area contributed by atoms with Gasteiger partial charge in [0.25, 0.3) is 5.91 Å². The second-order valence-corrected chi connectivity index (χ2v) is 9.18. The molecule has 1 saturated heterocycles. The Labute approximate surface area is 193 Å². The molecule has 0 N–H and O–H groups in total. The van der Waals surface area contributed by atoms with Gasteiger partial charge in [-0.15, -0.1) is 0 Å². The quantitative estimate of drug-likeness (QED) is 0.402. The zero-order chi connectivity index (χ0) is 23.7. The molecule has 6 rings (SSSR count). The molecule has 1 fully saturated rings. The molecule has 6 nitrogen and oxygen atoms in total. The summed E-state index contributed by atoms with van der Waals surface area (Å²) in [6.45, 7) is 1.98. The van der Waals surface area contributed by atoms with Crippen LogP contribution in [-0.4, -0.2) is 36.0 Å². The van der Waals surface area contributed by atoms with Crippen molar-refractivity contribution in [2.45, 2.75) is 44.7 Å². The van der Waals surface area contributed by atoms with Crippen molar-refractivity contribution in [1.82, 2.24) is 24.1 Å². The summed E-state index contributed by atoms with van der Waals surface area (Å²) in [5.74, 6) is -4.07. The first-order valence-electron chi connectivity index (χ1n) is 11.3. The molecule has 174 valence electrons. The molecule has 0 unspecified atom stereocenters. The fourth-order valence-electron chi connectivity index (χ4n) is 5.58. The van der Waals surface area contributed by atoms with Crippen molar-refractivity contribution in [3.05, 3.63) is 76.6 Å². The molecule has 0 saturated carbocycles. The van der Waals surface area contributed by atoms with E-state index in [1.165, 1.54) is 0 Å². The lowest BCUT2D eigenvalue weighted by atomic mass is 9.81.